The molecule has 0 aliphatic rings. The molecule has 2 nitrogen and oxygen atoms in total. The van der Waals surface area contributed by atoms with E-state index in [-0.39, 0.29) is 11.8 Å². The van der Waals surface area contributed by atoms with Crippen molar-refractivity contribution in [3.8, 4) is 0 Å². The third-order valence-corrected chi connectivity index (χ3v) is 7.24. The number of benzene rings is 2. The van der Waals surface area contributed by atoms with Crippen LogP contribution in [0.25, 0.3) is 0 Å². The van der Waals surface area contributed by atoms with Gasteiger partial charge in [0.25, 0.3) is 0 Å². The Hall–Kier alpha value is -2.09. The summed E-state index contributed by atoms with van der Waals surface area (Å²) in [5.41, 5.74) is 2.14. The van der Waals surface area contributed by atoms with Crippen molar-refractivity contribution in [1.82, 2.24) is 4.90 Å². The number of unbranched alkanes of at least 4 members (excludes halogenated alkanes) is 15. The van der Waals surface area contributed by atoms with Crippen molar-refractivity contribution in [2.45, 2.75) is 116 Å². The Kier molecular flexibility index (Phi) is 15.9. The lowest BCUT2D eigenvalue weighted by molar-refractivity contribution is -0.130. The van der Waals surface area contributed by atoms with Gasteiger partial charge in [0.15, 0.2) is 0 Å². The molecule has 0 aliphatic heterocycles. The van der Waals surface area contributed by atoms with Gasteiger partial charge in [-0.15, -0.1) is 0 Å². The fourth-order valence-corrected chi connectivity index (χ4v) is 5.00. The van der Waals surface area contributed by atoms with Gasteiger partial charge in [-0.05, 0) is 17.5 Å². The van der Waals surface area contributed by atoms with Gasteiger partial charge in [0.05, 0.1) is 5.92 Å². The second-order valence-corrected chi connectivity index (χ2v) is 10.3. The fraction of sp³-hybridized carbons (Fsp3) is 0.606. The third kappa shape index (κ3) is 12.4. The van der Waals surface area contributed by atoms with Crippen molar-refractivity contribution in [3.63, 3.8) is 0 Å². The van der Waals surface area contributed by atoms with Crippen molar-refractivity contribution >= 4 is 5.91 Å². The molecule has 0 bridgehead atoms. The lowest BCUT2D eigenvalue weighted by Crippen LogP contribution is -2.33. The number of carbonyl (C=O) groups is 1. The van der Waals surface area contributed by atoms with Crippen LogP contribution in [0, 0.1) is 0 Å². The predicted molar refractivity (Wildman–Crippen MR) is 152 cm³/mol. The van der Waals surface area contributed by atoms with E-state index in [4.69, 9.17) is 0 Å². The highest BCUT2D eigenvalue weighted by Gasteiger charge is 2.25. The van der Waals surface area contributed by atoms with E-state index in [1.807, 2.05) is 48.3 Å². The molecule has 0 N–H and O–H groups in total. The molecule has 2 heteroatoms. The van der Waals surface area contributed by atoms with E-state index in [1.54, 1.807) is 0 Å². The zero-order valence-corrected chi connectivity index (χ0v) is 22.7. The van der Waals surface area contributed by atoms with E-state index in [0.29, 0.717) is 0 Å². The fourth-order valence-electron chi connectivity index (χ4n) is 5.00. The predicted octanol–water partition coefficient (Wildman–Crippen LogP) is 9.54. The van der Waals surface area contributed by atoms with E-state index >= 15 is 0 Å². The van der Waals surface area contributed by atoms with Gasteiger partial charge in [-0.1, -0.05) is 164 Å². The maximum absolute atomic E-state index is 13.4. The molecule has 35 heavy (non-hydrogen) atoms. The van der Waals surface area contributed by atoms with Gasteiger partial charge in [0.1, 0.15) is 0 Å². The van der Waals surface area contributed by atoms with E-state index < -0.39 is 0 Å². The summed E-state index contributed by atoms with van der Waals surface area (Å²) in [4.78, 5) is 15.3. The number of carbonyl (C=O) groups excluding carboxylic acids is 1. The van der Waals surface area contributed by atoms with Crippen LogP contribution in [0.15, 0.2) is 60.7 Å². The summed E-state index contributed by atoms with van der Waals surface area (Å²) in [5.74, 6) is -0.0215. The minimum Gasteiger partial charge on any atom is -0.345 e. The Morgan fingerprint density at radius 3 is 1.29 bits per heavy atom. The first kappa shape index (κ1) is 29.1. The highest BCUT2D eigenvalue weighted by molar-refractivity contribution is 5.87. The molecule has 0 spiro atoms. The Bertz CT molecular complexity index is 718. The molecule has 0 unspecified atom stereocenters. The van der Waals surface area contributed by atoms with Crippen molar-refractivity contribution in [2.75, 3.05) is 13.6 Å². The quantitative estimate of drug-likeness (QED) is 0.174. The maximum atomic E-state index is 13.4. The molecule has 0 saturated heterocycles. The van der Waals surface area contributed by atoms with Crippen LogP contribution in [0.1, 0.15) is 127 Å². The molecule has 0 radical (unpaired) electrons. The van der Waals surface area contributed by atoms with E-state index in [1.165, 1.54) is 96.3 Å². The standard InChI is InChI=1S/C33H51NO/c1-3-4-5-6-7-8-9-10-11-12-13-14-15-16-17-24-29-34(2)33(35)32(30-25-20-18-21-26-30)31-27-22-19-23-28-31/h18-23,25-28,32H,3-17,24,29H2,1-2H3. The molecule has 2 aromatic carbocycles. The number of amides is 1. The highest BCUT2D eigenvalue weighted by atomic mass is 16.2. The number of rotatable bonds is 20. The van der Waals surface area contributed by atoms with Crippen LogP contribution < -0.4 is 0 Å². The maximum Gasteiger partial charge on any atom is 0.234 e. The van der Waals surface area contributed by atoms with Crippen molar-refractivity contribution in [1.29, 1.82) is 0 Å². The van der Waals surface area contributed by atoms with Gasteiger partial charge in [-0.3, -0.25) is 4.79 Å². The average Bonchev–Trinajstić information content (AvgIpc) is 2.89. The Balaban J connectivity index is 1.53. The second kappa shape index (κ2) is 19.1. The van der Waals surface area contributed by atoms with Gasteiger partial charge >= 0.3 is 0 Å². The summed E-state index contributed by atoms with van der Waals surface area (Å²) >= 11 is 0. The zero-order chi connectivity index (χ0) is 25.0. The number of hydrogen-bond acceptors (Lipinski definition) is 1. The molecule has 0 aromatic heterocycles. The first-order chi connectivity index (χ1) is 17.2. The summed E-state index contributed by atoms with van der Waals surface area (Å²) in [6, 6.07) is 20.4. The molecule has 0 saturated carbocycles. The monoisotopic (exact) mass is 477 g/mol. The molecule has 0 aliphatic carbocycles. The van der Waals surface area contributed by atoms with E-state index in [9.17, 15) is 4.79 Å². The molecular formula is C33H51NO. The van der Waals surface area contributed by atoms with Crippen LogP contribution in [0.3, 0.4) is 0 Å². The lowest BCUT2D eigenvalue weighted by atomic mass is 9.90. The Morgan fingerprint density at radius 2 is 0.914 bits per heavy atom. The summed E-state index contributed by atoms with van der Waals surface area (Å²) in [7, 11) is 1.96. The smallest absolute Gasteiger partial charge is 0.234 e. The molecule has 2 rings (SSSR count). The summed E-state index contributed by atoms with van der Waals surface area (Å²) < 4.78 is 0. The van der Waals surface area contributed by atoms with Crippen LogP contribution >= 0.6 is 0 Å². The topological polar surface area (TPSA) is 20.3 Å². The first-order valence-corrected chi connectivity index (χ1v) is 14.6. The van der Waals surface area contributed by atoms with Gasteiger partial charge in [-0.25, -0.2) is 0 Å². The first-order valence-electron chi connectivity index (χ1n) is 14.6. The minimum atomic E-state index is -0.219. The summed E-state index contributed by atoms with van der Waals surface area (Å²) in [5, 5.41) is 0. The van der Waals surface area contributed by atoms with Crippen LogP contribution in [-0.4, -0.2) is 24.4 Å². The van der Waals surface area contributed by atoms with Gasteiger partial charge in [0, 0.05) is 13.6 Å². The van der Waals surface area contributed by atoms with Crippen LogP contribution in [0.4, 0.5) is 0 Å². The number of likely N-dealkylation sites (N-methyl/N-ethyl adjacent to an activating group) is 1. The lowest BCUT2D eigenvalue weighted by Gasteiger charge is -2.24. The third-order valence-electron chi connectivity index (χ3n) is 7.24. The summed E-state index contributed by atoms with van der Waals surface area (Å²) in [6.45, 7) is 3.13. The minimum absolute atomic E-state index is 0.198. The van der Waals surface area contributed by atoms with Gasteiger partial charge in [-0.2, -0.15) is 0 Å². The SMILES string of the molecule is CCCCCCCCCCCCCCCCCCN(C)C(=O)C(c1ccccc1)c1ccccc1. The van der Waals surface area contributed by atoms with E-state index in [0.717, 1.165) is 24.1 Å². The zero-order valence-electron chi connectivity index (χ0n) is 22.7. The molecular weight excluding hydrogens is 426 g/mol. The molecule has 194 valence electrons. The molecule has 1 amide bonds. The normalized spacial score (nSPS) is 11.2. The van der Waals surface area contributed by atoms with Crippen LogP contribution in [0.2, 0.25) is 0 Å². The molecule has 0 heterocycles. The Labute approximate surface area is 216 Å². The van der Waals surface area contributed by atoms with Crippen LogP contribution in [0.5, 0.6) is 0 Å². The van der Waals surface area contributed by atoms with Crippen molar-refractivity contribution in [3.05, 3.63) is 71.8 Å². The summed E-state index contributed by atoms with van der Waals surface area (Å²) in [6.07, 6.45) is 21.9. The Morgan fingerprint density at radius 1 is 0.571 bits per heavy atom. The second-order valence-electron chi connectivity index (χ2n) is 10.3. The molecule has 2 aromatic rings. The molecule has 0 atom stereocenters. The molecule has 0 fully saturated rings. The average molecular weight is 478 g/mol. The van der Waals surface area contributed by atoms with E-state index in [2.05, 4.69) is 31.2 Å². The largest absolute Gasteiger partial charge is 0.345 e. The highest BCUT2D eigenvalue weighted by Crippen LogP contribution is 2.26. The van der Waals surface area contributed by atoms with Gasteiger partial charge < -0.3 is 4.90 Å². The number of nitrogens with zero attached hydrogens (tertiary/aromatic N) is 1. The number of hydrogen-bond donors (Lipinski definition) is 0. The van der Waals surface area contributed by atoms with Gasteiger partial charge in [0.2, 0.25) is 5.91 Å². The van der Waals surface area contributed by atoms with Crippen molar-refractivity contribution in [2.24, 2.45) is 0 Å². The van der Waals surface area contributed by atoms with Crippen molar-refractivity contribution < 1.29 is 4.79 Å². The van der Waals surface area contributed by atoms with Crippen LogP contribution in [-0.2, 0) is 4.79 Å².